The predicted octanol–water partition coefficient (Wildman–Crippen LogP) is 4.30. The molecule has 11 heavy (non-hydrogen) atoms. The lowest BCUT2D eigenvalue weighted by Crippen LogP contribution is -1.74. The van der Waals surface area contributed by atoms with Crippen molar-refractivity contribution in [1.82, 2.24) is 0 Å². The number of halogens is 1. The molecule has 0 aromatic rings. The molecule has 0 saturated carbocycles. The Kier molecular flexibility index (Phi) is 10.4. The number of hydrogen-bond donors (Lipinski definition) is 0. The molecule has 0 atom stereocenters. The third-order valence-corrected chi connectivity index (χ3v) is 2.12. The molecule has 0 nitrogen and oxygen atoms in total. The van der Waals surface area contributed by atoms with Gasteiger partial charge in [-0.2, -0.15) is 0 Å². The van der Waals surface area contributed by atoms with Crippen LogP contribution in [0, 0.1) is 0 Å². The number of hydrogen-bond acceptors (Lipinski definition) is 0. The fourth-order valence-corrected chi connectivity index (χ4v) is 1.25. The monoisotopic (exact) mass is 218 g/mol. The fraction of sp³-hybridized carbons (Fsp3) is 0.800. The van der Waals surface area contributed by atoms with Gasteiger partial charge in [0, 0.05) is 5.33 Å². The zero-order valence-electron chi connectivity index (χ0n) is 7.48. The van der Waals surface area contributed by atoms with Crippen molar-refractivity contribution in [1.29, 1.82) is 0 Å². The molecule has 0 rings (SSSR count). The van der Waals surface area contributed by atoms with Crippen molar-refractivity contribution >= 4 is 15.9 Å². The Bertz CT molecular complexity index is 86.9. The second-order valence-electron chi connectivity index (χ2n) is 2.80. The van der Waals surface area contributed by atoms with E-state index in [1.807, 2.05) is 0 Å². The first-order chi connectivity index (χ1) is 5.41. The van der Waals surface area contributed by atoms with Crippen LogP contribution in [-0.4, -0.2) is 5.33 Å². The van der Waals surface area contributed by atoms with Gasteiger partial charge in [0.1, 0.15) is 0 Å². The molecule has 0 bridgehead atoms. The molecular formula is C10H19Br. The van der Waals surface area contributed by atoms with E-state index in [-0.39, 0.29) is 0 Å². The highest BCUT2D eigenvalue weighted by molar-refractivity contribution is 9.09. The molecule has 0 unspecified atom stereocenters. The lowest BCUT2D eigenvalue weighted by Gasteiger charge is -1.93. The van der Waals surface area contributed by atoms with E-state index in [0.717, 1.165) is 5.33 Å². The lowest BCUT2D eigenvalue weighted by molar-refractivity contribution is 0.674. The Morgan fingerprint density at radius 3 is 2.36 bits per heavy atom. The molecule has 1 heteroatoms. The van der Waals surface area contributed by atoms with Crippen molar-refractivity contribution in [3.8, 4) is 0 Å². The van der Waals surface area contributed by atoms with Crippen molar-refractivity contribution in [2.75, 3.05) is 5.33 Å². The third kappa shape index (κ3) is 10.2. The number of rotatable bonds is 7. The van der Waals surface area contributed by atoms with Gasteiger partial charge in [0.05, 0.1) is 0 Å². The smallest absolute Gasteiger partial charge is 0.00659 e. The van der Waals surface area contributed by atoms with Gasteiger partial charge in [-0.3, -0.25) is 0 Å². The predicted molar refractivity (Wildman–Crippen MR) is 56.3 cm³/mol. The fourth-order valence-electron chi connectivity index (χ4n) is 0.988. The highest BCUT2D eigenvalue weighted by Gasteiger charge is 1.83. The van der Waals surface area contributed by atoms with Crippen molar-refractivity contribution < 1.29 is 0 Å². The summed E-state index contributed by atoms with van der Waals surface area (Å²) >= 11 is 3.39. The zero-order valence-corrected chi connectivity index (χ0v) is 9.07. The van der Waals surface area contributed by atoms with Crippen LogP contribution in [0.3, 0.4) is 0 Å². The van der Waals surface area contributed by atoms with E-state index in [2.05, 4.69) is 35.0 Å². The second-order valence-corrected chi connectivity index (χ2v) is 3.59. The maximum absolute atomic E-state index is 3.39. The van der Waals surface area contributed by atoms with Gasteiger partial charge in [-0.1, -0.05) is 54.3 Å². The van der Waals surface area contributed by atoms with E-state index < -0.39 is 0 Å². The van der Waals surface area contributed by atoms with Gasteiger partial charge in [0.25, 0.3) is 0 Å². The molecule has 0 aromatic heterocycles. The van der Waals surface area contributed by atoms with E-state index in [4.69, 9.17) is 0 Å². The summed E-state index contributed by atoms with van der Waals surface area (Å²) < 4.78 is 0. The van der Waals surface area contributed by atoms with Gasteiger partial charge < -0.3 is 0 Å². The van der Waals surface area contributed by atoms with Crippen LogP contribution in [-0.2, 0) is 0 Å². The van der Waals surface area contributed by atoms with Crippen LogP contribution < -0.4 is 0 Å². The minimum Gasteiger partial charge on any atom is -0.0925 e. The number of alkyl halides is 1. The van der Waals surface area contributed by atoms with E-state index in [0.29, 0.717) is 0 Å². The Hall–Kier alpha value is 0.220. The lowest BCUT2D eigenvalue weighted by atomic mass is 10.1. The van der Waals surface area contributed by atoms with Gasteiger partial charge in [-0.15, -0.1) is 0 Å². The summed E-state index contributed by atoms with van der Waals surface area (Å²) in [6.07, 6.45) is 12.5. The van der Waals surface area contributed by atoms with Crippen LogP contribution in [0.2, 0.25) is 0 Å². The first-order valence-corrected chi connectivity index (χ1v) is 5.75. The van der Waals surface area contributed by atoms with Crippen LogP contribution in [0.15, 0.2) is 12.2 Å². The average molecular weight is 219 g/mol. The highest BCUT2D eigenvalue weighted by atomic mass is 79.9. The molecule has 0 aliphatic heterocycles. The molecular weight excluding hydrogens is 200 g/mol. The van der Waals surface area contributed by atoms with Crippen LogP contribution in [0.5, 0.6) is 0 Å². The SMILES string of the molecule is CCCCCC/C=C\CCBr. The molecule has 66 valence electrons. The summed E-state index contributed by atoms with van der Waals surface area (Å²) in [5.41, 5.74) is 0. The minimum atomic E-state index is 1.10. The van der Waals surface area contributed by atoms with Crippen LogP contribution >= 0.6 is 15.9 Å². The molecule has 0 fully saturated rings. The number of allylic oxidation sites excluding steroid dienone is 2. The van der Waals surface area contributed by atoms with Crippen molar-refractivity contribution in [2.45, 2.75) is 45.4 Å². The topological polar surface area (TPSA) is 0 Å². The first kappa shape index (κ1) is 11.2. The molecule has 0 saturated heterocycles. The van der Waals surface area contributed by atoms with Gasteiger partial charge in [0.15, 0.2) is 0 Å². The Balaban J connectivity index is 2.89. The summed E-state index contributed by atoms with van der Waals surface area (Å²) in [5.74, 6) is 0. The number of unbranched alkanes of at least 4 members (excludes halogenated alkanes) is 4. The molecule has 0 heterocycles. The van der Waals surface area contributed by atoms with E-state index in [9.17, 15) is 0 Å². The van der Waals surface area contributed by atoms with E-state index in [1.165, 1.54) is 38.5 Å². The average Bonchev–Trinajstić information content (AvgIpc) is 2.03. The maximum Gasteiger partial charge on any atom is 0.00659 e. The second kappa shape index (κ2) is 10.2. The molecule has 0 spiro atoms. The van der Waals surface area contributed by atoms with Gasteiger partial charge in [-0.05, 0) is 19.3 Å². The van der Waals surface area contributed by atoms with Crippen molar-refractivity contribution in [3.63, 3.8) is 0 Å². The molecule has 0 N–H and O–H groups in total. The van der Waals surface area contributed by atoms with Crippen molar-refractivity contribution in [2.24, 2.45) is 0 Å². The third-order valence-electron chi connectivity index (χ3n) is 1.67. The summed E-state index contributed by atoms with van der Waals surface area (Å²) in [6.45, 7) is 2.25. The Morgan fingerprint density at radius 1 is 1.00 bits per heavy atom. The molecule has 0 amide bonds. The van der Waals surface area contributed by atoms with E-state index >= 15 is 0 Å². The first-order valence-electron chi connectivity index (χ1n) is 4.62. The van der Waals surface area contributed by atoms with Crippen molar-refractivity contribution in [3.05, 3.63) is 12.2 Å². The van der Waals surface area contributed by atoms with Gasteiger partial charge in [-0.25, -0.2) is 0 Å². The highest BCUT2D eigenvalue weighted by Crippen LogP contribution is 2.03. The summed E-state index contributed by atoms with van der Waals surface area (Å²) in [4.78, 5) is 0. The largest absolute Gasteiger partial charge is 0.0925 e. The van der Waals surface area contributed by atoms with E-state index in [1.54, 1.807) is 0 Å². The summed E-state index contributed by atoms with van der Waals surface area (Å²) in [5, 5.41) is 1.10. The zero-order chi connectivity index (χ0) is 8.36. The molecule has 0 radical (unpaired) electrons. The van der Waals surface area contributed by atoms with Crippen LogP contribution in [0.25, 0.3) is 0 Å². The summed E-state index contributed by atoms with van der Waals surface area (Å²) in [6, 6.07) is 0. The maximum atomic E-state index is 3.39. The molecule has 0 aliphatic rings. The standard InChI is InChI=1S/C10H19Br/c1-2-3-4-5-6-7-8-9-10-11/h7-8H,2-6,9-10H2,1H3/b8-7-. The Morgan fingerprint density at radius 2 is 1.73 bits per heavy atom. The normalized spacial score (nSPS) is 11.1. The van der Waals surface area contributed by atoms with Gasteiger partial charge >= 0.3 is 0 Å². The quantitative estimate of drug-likeness (QED) is 0.340. The minimum absolute atomic E-state index is 1.10. The molecule has 0 aliphatic carbocycles. The molecule has 0 aromatic carbocycles. The van der Waals surface area contributed by atoms with Gasteiger partial charge in [0.2, 0.25) is 0 Å². The van der Waals surface area contributed by atoms with Crippen LogP contribution in [0.4, 0.5) is 0 Å². The van der Waals surface area contributed by atoms with Crippen LogP contribution in [0.1, 0.15) is 45.4 Å². The summed E-state index contributed by atoms with van der Waals surface area (Å²) in [7, 11) is 0. The Labute approximate surface area is 79.2 Å².